The van der Waals surface area contributed by atoms with Crippen molar-refractivity contribution in [2.24, 2.45) is 5.73 Å². The van der Waals surface area contributed by atoms with E-state index in [9.17, 15) is 5.11 Å². The highest BCUT2D eigenvalue weighted by atomic mass is 16.5. The molecule has 0 bridgehead atoms. The molecule has 0 spiro atoms. The Kier molecular flexibility index (Phi) is 8.43. The van der Waals surface area contributed by atoms with E-state index in [0.717, 1.165) is 11.1 Å². The van der Waals surface area contributed by atoms with Gasteiger partial charge in [-0.3, -0.25) is 5.32 Å². The first kappa shape index (κ1) is 23.6. The lowest BCUT2D eigenvalue weighted by Gasteiger charge is -2.40. The first-order chi connectivity index (χ1) is 13.7. The SMILES string of the molecule is CCC(C)(O)C(C)(C)OBC(C)NC(NC(N)c1ccccc1)c1ccccc1. The summed E-state index contributed by atoms with van der Waals surface area (Å²) in [6, 6.07) is 20.2. The minimum atomic E-state index is -0.889. The Morgan fingerprint density at radius 1 is 0.966 bits per heavy atom. The Bertz CT molecular complexity index is 725. The van der Waals surface area contributed by atoms with Crippen LogP contribution in [0.4, 0.5) is 0 Å². The summed E-state index contributed by atoms with van der Waals surface area (Å²) >= 11 is 0. The van der Waals surface area contributed by atoms with Crippen LogP contribution in [-0.4, -0.2) is 29.7 Å². The maximum atomic E-state index is 10.6. The largest absolute Gasteiger partial charge is 0.430 e. The molecular formula is C23H36BN3O2. The van der Waals surface area contributed by atoms with E-state index in [0.29, 0.717) is 13.9 Å². The first-order valence-corrected chi connectivity index (χ1v) is 10.4. The van der Waals surface area contributed by atoms with Gasteiger partial charge in [0.05, 0.1) is 23.5 Å². The summed E-state index contributed by atoms with van der Waals surface area (Å²) in [6.45, 7) is 9.72. The predicted octanol–water partition coefficient (Wildman–Crippen LogP) is 3.18. The molecule has 0 amide bonds. The molecule has 0 aliphatic heterocycles. The van der Waals surface area contributed by atoms with Crippen LogP contribution in [0, 0.1) is 0 Å². The van der Waals surface area contributed by atoms with E-state index in [4.69, 9.17) is 10.4 Å². The van der Waals surface area contributed by atoms with Crippen LogP contribution in [0.25, 0.3) is 0 Å². The molecular weight excluding hydrogens is 361 g/mol. The standard InChI is InChI=1S/C23H36BN3O2/c1-6-23(5,28)22(3,4)29-24-17(2)26-21(19-15-11-8-12-16-19)27-20(25)18-13-9-7-10-14-18/h7-17,20-21,24,26-28H,6,25H2,1-5H3. The Hall–Kier alpha value is -1.70. The van der Waals surface area contributed by atoms with Crippen LogP contribution in [0.1, 0.15) is 64.5 Å². The zero-order chi connectivity index (χ0) is 21.5. The third kappa shape index (κ3) is 6.66. The van der Waals surface area contributed by atoms with Gasteiger partial charge in [0.1, 0.15) is 0 Å². The van der Waals surface area contributed by atoms with Crippen molar-refractivity contribution in [1.82, 2.24) is 10.6 Å². The maximum absolute atomic E-state index is 10.6. The third-order valence-corrected chi connectivity index (χ3v) is 5.77. The molecule has 0 saturated heterocycles. The second-order valence-corrected chi connectivity index (χ2v) is 8.42. The molecule has 5 nitrogen and oxygen atoms in total. The Labute approximate surface area is 176 Å². The van der Waals surface area contributed by atoms with Crippen molar-refractivity contribution >= 4 is 7.48 Å². The number of aliphatic hydroxyl groups is 1. The Morgan fingerprint density at radius 3 is 2.00 bits per heavy atom. The molecule has 0 saturated carbocycles. The predicted molar refractivity (Wildman–Crippen MR) is 122 cm³/mol. The Balaban J connectivity index is 2.06. The average molecular weight is 397 g/mol. The van der Waals surface area contributed by atoms with Crippen LogP contribution in [-0.2, 0) is 4.65 Å². The zero-order valence-corrected chi connectivity index (χ0v) is 18.4. The summed E-state index contributed by atoms with van der Waals surface area (Å²) in [6.07, 6.45) is 0.182. The monoisotopic (exact) mass is 397 g/mol. The fraction of sp³-hybridized carbons (Fsp3) is 0.478. The lowest BCUT2D eigenvalue weighted by Crippen LogP contribution is -2.53. The van der Waals surface area contributed by atoms with Gasteiger partial charge in [-0.1, -0.05) is 74.5 Å². The molecule has 6 heteroatoms. The lowest BCUT2D eigenvalue weighted by molar-refractivity contribution is -0.106. The number of hydrogen-bond acceptors (Lipinski definition) is 5. The van der Waals surface area contributed by atoms with Crippen molar-refractivity contribution in [1.29, 1.82) is 0 Å². The van der Waals surface area contributed by atoms with Crippen LogP contribution in [0.2, 0.25) is 0 Å². The van der Waals surface area contributed by atoms with Crippen molar-refractivity contribution in [3.63, 3.8) is 0 Å². The number of nitrogens with one attached hydrogen (secondary N) is 2. The van der Waals surface area contributed by atoms with E-state index in [1.54, 1.807) is 0 Å². The van der Waals surface area contributed by atoms with Crippen LogP contribution >= 0.6 is 0 Å². The van der Waals surface area contributed by atoms with Crippen LogP contribution in [0.15, 0.2) is 60.7 Å². The van der Waals surface area contributed by atoms with Gasteiger partial charge in [-0.25, -0.2) is 0 Å². The topological polar surface area (TPSA) is 79.5 Å². The third-order valence-electron chi connectivity index (χ3n) is 5.77. The molecule has 29 heavy (non-hydrogen) atoms. The highest BCUT2D eigenvalue weighted by Gasteiger charge is 2.38. The van der Waals surface area contributed by atoms with E-state index >= 15 is 0 Å². The van der Waals surface area contributed by atoms with Crippen LogP contribution in [0.3, 0.4) is 0 Å². The zero-order valence-electron chi connectivity index (χ0n) is 18.4. The molecule has 2 aromatic carbocycles. The smallest absolute Gasteiger partial charge is 0.292 e. The van der Waals surface area contributed by atoms with E-state index in [-0.39, 0.29) is 18.3 Å². The summed E-state index contributed by atoms with van der Waals surface area (Å²) in [5.74, 6) is 0.0441. The summed E-state index contributed by atoms with van der Waals surface area (Å²) in [7, 11) is 0.467. The number of hydrogen-bond donors (Lipinski definition) is 4. The van der Waals surface area contributed by atoms with Gasteiger partial charge in [-0.15, -0.1) is 0 Å². The van der Waals surface area contributed by atoms with Gasteiger partial charge in [0.2, 0.25) is 0 Å². The quantitative estimate of drug-likeness (QED) is 0.346. The molecule has 2 rings (SSSR count). The normalized spacial score (nSPS) is 17.2. The number of nitrogens with two attached hydrogens (primary N) is 1. The summed E-state index contributed by atoms with van der Waals surface area (Å²) in [4.78, 5) is 0. The van der Waals surface area contributed by atoms with Crippen molar-refractivity contribution < 1.29 is 9.76 Å². The minimum absolute atomic E-state index is 0.0441. The van der Waals surface area contributed by atoms with Gasteiger partial charge < -0.3 is 20.8 Å². The molecule has 0 aromatic heterocycles. The van der Waals surface area contributed by atoms with Crippen molar-refractivity contribution in [2.45, 2.75) is 70.5 Å². The van der Waals surface area contributed by atoms with Gasteiger partial charge in [0.25, 0.3) is 7.48 Å². The molecule has 4 unspecified atom stereocenters. The van der Waals surface area contributed by atoms with Gasteiger partial charge in [-0.2, -0.15) is 0 Å². The molecule has 0 fully saturated rings. The van der Waals surface area contributed by atoms with Crippen molar-refractivity contribution in [3.8, 4) is 0 Å². The molecule has 0 aliphatic rings. The second kappa shape index (κ2) is 10.4. The lowest BCUT2D eigenvalue weighted by atomic mass is 9.81. The number of rotatable bonds is 11. The highest BCUT2D eigenvalue weighted by molar-refractivity contribution is 6.29. The number of benzene rings is 2. The first-order valence-electron chi connectivity index (χ1n) is 10.4. The van der Waals surface area contributed by atoms with Crippen molar-refractivity contribution in [2.75, 3.05) is 0 Å². The van der Waals surface area contributed by atoms with E-state index in [1.165, 1.54) is 0 Å². The fourth-order valence-corrected chi connectivity index (χ4v) is 3.07. The summed E-state index contributed by atoms with van der Waals surface area (Å²) < 4.78 is 6.10. The molecule has 0 radical (unpaired) electrons. The van der Waals surface area contributed by atoms with Crippen molar-refractivity contribution in [3.05, 3.63) is 71.8 Å². The molecule has 4 atom stereocenters. The minimum Gasteiger partial charge on any atom is -0.430 e. The van der Waals surface area contributed by atoms with Gasteiger partial charge in [0, 0.05) is 5.94 Å². The second-order valence-electron chi connectivity index (χ2n) is 8.42. The molecule has 5 N–H and O–H groups in total. The average Bonchev–Trinajstić information content (AvgIpc) is 2.73. The molecule has 2 aromatic rings. The van der Waals surface area contributed by atoms with E-state index < -0.39 is 11.2 Å². The van der Waals surface area contributed by atoms with Crippen LogP contribution < -0.4 is 16.4 Å². The van der Waals surface area contributed by atoms with Crippen LogP contribution in [0.5, 0.6) is 0 Å². The maximum Gasteiger partial charge on any atom is 0.292 e. The fourth-order valence-electron chi connectivity index (χ4n) is 3.07. The highest BCUT2D eigenvalue weighted by Crippen LogP contribution is 2.28. The molecule has 158 valence electrons. The van der Waals surface area contributed by atoms with E-state index in [1.807, 2.05) is 76.2 Å². The Morgan fingerprint density at radius 2 is 1.48 bits per heavy atom. The van der Waals surface area contributed by atoms with Gasteiger partial charge in [0.15, 0.2) is 0 Å². The van der Waals surface area contributed by atoms with Gasteiger partial charge in [-0.05, 0) is 38.3 Å². The van der Waals surface area contributed by atoms with E-state index in [2.05, 4.69) is 29.7 Å². The van der Waals surface area contributed by atoms with Gasteiger partial charge >= 0.3 is 0 Å². The molecule has 0 aliphatic carbocycles. The summed E-state index contributed by atoms with van der Waals surface area (Å²) in [5, 5.41) is 17.7. The molecule has 0 heterocycles. The summed E-state index contributed by atoms with van der Waals surface area (Å²) in [5.41, 5.74) is 7.01.